The topological polar surface area (TPSA) is 66.5 Å². The Bertz CT molecular complexity index is 998. The number of benzene rings is 2. The Morgan fingerprint density at radius 3 is 2.32 bits per heavy atom. The highest BCUT2D eigenvalue weighted by atomic mass is 32.2. The van der Waals surface area contributed by atoms with Gasteiger partial charge in [0, 0.05) is 13.1 Å². The molecule has 1 aliphatic heterocycles. The summed E-state index contributed by atoms with van der Waals surface area (Å²) in [5.41, 5.74) is -0.602. The van der Waals surface area contributed by atoms with Gasteiger partial charge in [-0.1, -0.05) is 24.3 Å². The molecule has 0 radical (unpaired) electrons. The molecule has 0 aromatic heterocycles. The van der Waals surface area contributed by atoms with Crippen LogP contribution >= 0.6 is 0 Å². The molecule has 28 heavy (non-hydrogen) atoms. The molecule has 0 atom stereocenters. The lowest BCUT2D eigenvalue weighted by atomic mass is 10.1. The van der Waals surface area contributed by atoms with Crippen molar-refractivity contribution >= 4 is 21.6 Å². The largest absolute Gasteiger partial charge is 0.417 e. The number of anilines is 1. The average Bonchev–Trinajstić information content (AvgIpc) is 3.15. The van der Waals surface area contributed by atoms with Crippen molar-refractivity contribution in [2.75, 3.05) is 17.8 Å². The summed E-state index contributed by atoms with van der Waals surface area (Å²) >= 11 is 0. The lowest BCUT2D eigenvalue weighted by Gasteiger charge is -2.20. The Morgan fingerprint density at radius 1 is 1.04 bits per heavy atom. The first-order chi connectivity index (χ1) is 13.1. The van der Waals surface area contributed by atoms with Gasteiger partial charge in [-0.2, -0.15) is 13.2 Å². The number of nitrogens with one attached hydrogen (secondary N) is 1. The van der Waals surface area contributed by atoms with Crippen LogP contribution in [0.3, 0.4) is 0 Å². The molecule has 1 amide bonds. The summed E-state index contributed by atoms with van der Waals surface area (Å²) in [4.78, 5) is 13.6. The Morgan fingerprint density at radius 2 is 1.68 bits per heavy atom. The van der Waals surface area contributed by atoms with Crippen molar-refractivity contribution in [1.29, 1.82) is 0 Å². The number of carbonyl (C=O) groups is 1. The van der Waals surface area contributed by atoms with Gasteiger partial charge < -0.3 is 4.90 Å². The molecule has 1 fully saturated rings. The van der Waals surface area contributed by atoms with E-state index in [4.69, 9.17) is 0 Å². The van der Waals surface area contributed by atoms with Gasteiger partial charge in [0.1, 0.15) is 0 Å². The Hall–Kier alpha value is -2.55. The predicted octanol–water partition coefficient (Wildman–Crippen LogP) is 4.05. The number of aryl methyl sites for hydroxylation is 1. The average molecular weight is 412 g/mol. The van der Waals surface area contributed by atoms with Crippen LogP contribution in [0.25, 0.3) is 0 Å². The van der Waals surface area contributed by atoms with Gasteiger partial charge in [-0.3, -0.25) is 9.52 Å². The van der Waals surface area contributed by atoms with Crippen molar-refractivity contribution in [3.8, 4) is 0 Å². The van der Waals surface area contributed by atoms with E-state index in [-0.39, 0.29) is 17.2 Å². The monoisotopic (exact) mass is 412 g/mol. The van der Waals surface area contributed by atoms with E-state index in [1.54, 1.807) is 24.0 Å². The SMILES string of the molecule is Cc1cccc(NS(=O)(=O)c2ccccc2C(F)(F)F)c1C(=O)N1CCCC1. The predicted molar refractivity (Wildman–Crippen MR) is 98.6 cm³/mol. The first kappa shape index (κ1) is 20.2. The highest BCUT2D eigenvalue weighted by Gasteiger charge is 2.37. The zero-order valence-corrected chi connectivity index (χ0v) is 15.9. The molecule has 0 bridgehead atoms. The van der Waals surface area contributed by atoms with Crippen molar-refractivity contribution in [2.24, 2.45) is 0 Å². The molecule has 0 saturated carbocycles. The number of nitrogens with zero attached hydrogens (tertiary/aromatic N) is 1. The smallest absolute Gasteiger partial charge is 0.339 e. The minimum Gasteiger partial charge on any atom is -0.339 e. The third-order valence-corrected chi connectivity index (χ3v) is 6.03. The number of hydrogen-bond acceptors (Lipinski definition) is 3. The van der Waals surface area contributed by atoms with Crippen molar-refractivity contribution < 1.29 is 26.4 Å². The van der Waals surface area contributed by atoms with Gasteiger partial charge >= 0.3 is 6.18 Å². The highest BCUT2D eigenvalue weighted by molar-refractivity contribution is 7.92. The number of sulfonamides is 1. The zero-order chi connectivity index (χ0) is 20.5. The number of rotatable bonds is 4. The molecular weight excluding hydrogens is 393 g/mol. The van der Waals surface area contributed by atoms with Crippen LogP contribution in [0.4, 0.5) is 18.9 Å². The first-order valence-corrected chi connectivity index (χ1v) is 10.2. The number of carbonyl (C=O) groups excluding carboxylic acids is 1. The maximum atomic E-state index is 13.2. The van der Waals surface area contributed by atoms with E-state index in [0.717, 1.165) is 25.0 Å². The van der Waals surface area contributed by atoms with Gasteiger partial charge in [0.05, 0.1) is 21.7 Å². The van der Waals surface area contributed by atoms with Crippen LogP contribution in [0.5, 0.6) is 0 Å². The normalized spacial score (nSPS) is 14.9. The van der Waals surface area contributed by atoms with E-state index < -0.39 is 26.7 Å². The van der Waals surface area contributed by atoms with E-state index in [1.165, 1.54) is 12.1 Å². The number of halogens is 3. The van der Waals surface area contributed by atoms with Crippen LogP contribution in [0.2, 0.25) is 0 Å². The third kappa shape index (κ3) is 3.99. The Labute approximate surface area is 161 Å². The maximum Gasteiger partial charge on any atom is 0.417 e. The van der Waals surface area contributed by atoms with Gasteiger partial charge in [0.15, 0.2) is 0 Å². The summed E-state index contributed by atoms with van der Waals surface area (Å²) in [6.07, 6.45) is -3.11. The molecule has 1 aliphatic rings. The molecule has 1 heterocycles. The third-order valence-electron chi connectivity index (χ3n) is 4.61. The van der Waals surface area contributed by atoms with Gasteiger partial charge in [0.2, 0.25) is 0 Å². The van der Waals surface area contributed by atoms with Gasteiger partial charge in [0.25, 0.3) is 15.9 Å². The van der Waals surface area contributed by atoms with Gasteiger partial charge in [-0.25, -0.2) is 8.42 Å². The van der Waals surface area contributed by atoms with Crippen molar-refractivity contribution in [3.05, 3.63) is 59.2 Å². The van der Waals surface area contributed by atoms with Gasteiger partial charge in [-0.15, -0.1) is 0 Å². The quantitative estimate of drug-likeness (QED) is 0.824. The Kier molecular flexibility index (Phi) is 5.38. The second-order valence-electron chi connectivity index (χ2n) is 6.60. The molecule has 3 rings (SSSR count). The fraction of sp³-hybridized carbons (Fsp3) is 0.316. The molecule has 5 nitrogen and oxygen atoms in total. The minimum atomic E-state index is -4.83. The first-order valence-electron chi connectivity index (χ1n) is 8.69. The van der Waals surface area contributed by atoms with Gasteiger partial charge in [-0.05, 0) is 43.5 Å². The van der Waals surface area contributed by atoms with Crippen molar-refractivity contribution in [2.45, 2.75) is 30.8 Å². The highest BCUT2D eigenvalue weighted by Crippen LogP contribution is 2.35. The number of hydrogen-bond donors (Lipinski definition) is 1. The lowest BCUT2D eigenvalue weighted by Crippen LogP contribution is -2.29. The lowest BCUT2D eigenvalue weighted by molar-refractivity contribution is -0.139. The Balaban J connectivity index is 2.03. The number of amides is 1. The molecule has 1 N–H and O–H groups in total. The molecule has 150 valence electrons. The second-order valence-corrected chi connectivity index (χ2v) is 8.25. The van der Waals surface area contributed by atoms with Crippen molar-refractivity contribution in [1.82, 2.24) is 4.90 Å². The van der Waals surface area contributed by atoms with Crippen molar-refractivity contribution in [3.63, 3.8) is 0 Å². The van der Waals surface area contributed by atoms with Crippen LogP contribution in [-0.4, -0.2) is 32.3 Å². The van der Waals surface area contributed by atoms with E-state index in [0.29, 0.717) is 24.7 Å². The van der Waals surface area contributed by atoms with E-state index in [1.807, 2.05) is 0 Å². The zero-order valence-electron chi connectivity index (χ0n) is 15.1. The van der Waals surface area contributed by atoms with E-state index >= 15 is 0 Å². The number of alkyl halides is 3. The summed E-state index contributed by atoms with van der Waals surface area (Å²) in [7, 11) is -4.56. The van der Waals surface area contributed by atoms with Crippen LogP contribution in [0, 0.1) is 6.92 Å². The fourth-order valence-electron chi connectivity index (χ4n) is 3.25. The fourth-order valence-corrected chi connectivity index (χ4v) is 4.55. The van der Waals surface area contributed by atoms with E-state index in [9.17, 15) is 26.4 Å². The standard InChI is InChI=1S/C19H19F3N2O3S/c1-13-7-6-9-15(17(13)18(25)24-11-4-5-12-24)23-28(26,27)16-10-3-2-8-14(16)19(20,21)22/h2-3,6-10,23H,4-5,11-12H2,1H3. The molecular formula is C19H19F3N2O3S. The van der Waals surface area contributed by atoms with Crippen LogP contribution in [0.15, 0.2) is 47.4 Å². The molecule has 0 spiro atoms. The maximum absolute atomic E-state index is 13.2. The minimum absolute atomic E-state index is 0.0334. The van der Waals surface area contributed by atoms with E-state index in [2.05, 4.69) is 4.72 Å². The van der Waals surface area contributed by atoms with Crippen LogP contribution in [0.1, 0.15) is 34.3 Å². The molecule has 2 aromatic rings. The summed E-state index contributed by atoms with van der Waals surface area (Å²) in [5, 5.41) is 0. The summed E-state index contributed by atoms with van der Waals surface area (Å²) < 4.78 is 67.4. The summed E-state index contributed by atoms with van der Waals surface area (Å²) in [6.45, 7) is 2.79. The summed E-state index contributed by atoms with van der Waals surface area (Å²) in [5.74, 6) is -0.336. The molecule has 0 aliphatic carbocycles. The number of likely N-dealkylation sites (tertiary alicyclic amines) is 1. The molecule has 9 heteroatoms. The second kappa shape index (κ2) is 7.46. The molecule has 0 unspecified atom stereocenters. The van der Waals surface area contributed by atoms with Crippen LogP contribution in [-0.2, 0) is 16.2 Å². The van der Waals surface area contributed by atoms with Crippen LogP contribution < -0.4 is 4.72 Å². The summed E-state index contributed by atoms with van der Waals surface area (Å²) in [6, 6.07) is 8.52. The molecule has 2 aromatic carbocycles. The molecule has 1 saturated heterocycles.